The maximum atomic E-state index is 8.90. The highest BCUT2D eigenvalue weighted by Crippen LogP contribution is 2.26. The Morgan fingerprint density at radius 1 is 1.31 bits per heavy atom. The van der Waals surface area contributed by atoms with Crippen LogP contribution in [0.3, 0.4) is 0 Å². The van der Waals surface area contributed by atoms with Gasteiger partial charge < -0.3 is 25.8 Å². The lowest BCUT2D eigenvalue weighted by Gasteiger charge is -2.22. The zero-order valence-corrected chi connectivity index (χ0v) is 8.72. The summed E-state index contributed by atoms with van der Waals surface area (Å²) in [5.74, 6) is 1.56. The van der Waals surface area contributed by atoms with Gasteiger partial charge in [0.1, 0.15) is 5.82 Å². The average molecular weight is 224 g/mol. The van der Waals surface area contributed by atoms with Crippen LogP contribution in [0.4, 0.5) is 11.8 Å². The summed E-state index contributed by atoms with van der Waals surface area (Å²) in [7, 11) is 0. The van der Waals surface area contributed by atoms with Crippen LogP contribution >= 0.6 is 0 Å². The predicted octanol–water partition coefficient (Wildman–Crippen LogP) is -1.17. The molecule has 2 rings (SSSR count). The minimum absolute atomic E-state index is 0.0103. The molecule has 7 heteroatoms. The summed E-state index contributed by atoms with van der Waals surface area (Å²) >= 11 is 0. The van der Waals surface area contributed by atoms with Crippen molar-refractivity contribution in [2.75, 3.05) is 32.0 Å². The van der Waals surface area contributed by atoms with Gasteiger partial charge in [-0.1, -0.05) is 0 Å². The zero-order valence-electron chi connectivity index (χ0n) is 8.72. The van der Waals surface area contributed by atoms with E-state index in [1.807, 2.05) is 0 Å². The van der Waals surface area contributed by atoms with Gasteiger partial charge in [-0.3, -0.25) is 0 Å². The largest absolute Gasteiger partial charge is 0.395 e. The van der Waals surface area contributed by atoms with Crippen molar-refractivity contribution < 1.29 is 10.2 Å². The molecule has 1 radical (unpaired) electrons. The van der Waals surface area contributed by atoms with Crippen LogP contribution in [-0.4, -0.2) is 51.4 Å². The number of nitrogen functional groups attached to an aromatic ring is 1. The fourth-order valence-corrected chi connectivity index (χ4v) is 1.60. The molecule has 0 saturated carbocycles. The molecule has 0 atom stereocenters. The van der Waals surface area contributed by atoms with Crippen molar-refractivity contribution in [3.63, 3.8) is 0 Å². The number of aromatic nitrogens is 2. The van der Waals surface area contributed by atoms with Crippen LogP contribution in [0.25, 0.3) is 6.08 Å². The molecule has 0 fully saturated rings. The van der Waals surface area contributed by atoms with E-state index < -0.39 is 0 Å². The number of nitrogens with zero attached hydrogens (tertiary/aromatic N) is 3. The number of aliphatic hydroxyl groups excluding tert-OH is 2. The van der Waals surface area contributed by atoms with E-state index in [0.29, 0.717) is 30.7 Å². The number of H-pyrrole nitrogens is 1. The average Bonchev–Trinajstić information content (AvgIpc) is 2.74. The highest BCUT2D eigenvalue weighted by Gasteiger charge is 2.21. The summed E-state index contributed by atoms with van der Waals surface area (Å²) in [4.78, 5) is 8.65. The first-order valence-electron chi connectivity index (χ1n) is 5.00. The van der Waals surface area contributed by atoms with Gasteiger partial charge in [0.15, 0.2) is 11.8 Å². The molecule has 1 aromatic rings. The van der Waals surface area contributed by atoms with E-state index in [4.69, 9.17) is 15.9 Å². The second-order valence-corrected chi connectivity index (χ2v) is 3.41. The Morgan fingerprint density at radius 2 is 2.00 bits per heavy atom. The van der Waals surface area contributed by atoms with Crippen molar-refractivity contribution in [3.8, 4) is 0 Å². The maximum absolute atomic E-state index is 8.90. The summed E-state index contributed by atoms with van der Waals surface area (Å²) < 4.78 is 0. The van der Waals surface area contributed by atoms with Crippen LogP contribution in [0.15, 0.2) is 5.82 Å². The topological polar surface area (TPSA) is 112 Å². The van der Waals surface area contributed by atoms with Crippen molar-refractivity contribution in [2.45, 2.75) is 0 Å². The molecule has 2 heterocycles. The summed E-state index contributed by atoms with van der Waals surface area (Å²) in [6.45, 7) is 0.873. The summed E-state index contributed by atoms with van der Waals surface area (Å²) in [6, 6.07) is 0. The monoisotopic (exact) mass is 224 g/mol. The van der Waals surface area contributed by atoms with Gasteiger partial charge in [-0.15, -0.1) is 0 Å². The van der Waals surface area contributed by atoms with Crippen molar-refractivity contribution in [3.05, 3.63) is 11.5 Å². The second kappa shape index (κ2) is 4.42. The predicted molar refractivity (Wildman–Crippen MR) is 58.5 cm³/mol. The third-order valence-electron chi connectivity index (χ3n) is 2.29. The van der Waals surface area contributed by atoms with Gasteiger partial charge in [-0.2, -0.15) is 4.98 Å². The first kappa shape index (κ1) is 10.8. The lowest BCUT2D eigenvalue weighted by Crippen LogP contribution is -2.31. The van der Waals surface area contributed by atoms with Crippen LogP contribution in [0.1, 0.15) is 5.69 Å². The number of hydrogen-bond donors (Lipinski definition) is 4. The van der Waals surface area contributed by atoms with Gasteiger partial charge in [0.2, 0.25) is 0 Å². The Labute approximate surface area is 92.6 Å². The number of aliphatic hydroxyl groups is 2. The number of hydrogen-bond acceptors (Lipinski definition) is 5. The van der Waals surface area contributed by atoms with Gasteiger partial charge >= 0.3 is 0 Å². The SMILES string of the molecule is Nc1nc2c([nH]1)C=C(N(CCO)CCO)[N]2. The highest BCUT2D eigenvalue weighted by molar-refractivity contribution is 5.67. The third kappa shape index (κ3) is 1.95. The summed E-state index contributed by atoms with van der Waals surface area (Å²) in [5.41, 5.74) is 6.24. The lowest BCUT2D eigenvalue weighted by atomic mass is 10.4. The molecule has 87 valence electrons. The fourth-order valence-electron chi connectivity index (χ4n) is 1.60. The number of aromatic amines is 1. The minimum atomic E-state index is 0.0103. The van der Waals surface area contributed by atoms with Gasteiger partial charge in [0.05, 0.1) is 18.9 Å². The zero-order chi connectivity index (χ0) is 11.5. The molecule has 0 aromatic carbocycles. The molecule has 1 aliphatic heterocycles. The number of imidazole rings is 1. The van der Waals surface area contributed by atoms with E-state index in [2.05, 4.69) is 15.3 Å². The quantitative estimate of drug-likeness (QED) is 0.503. The molecule has 7 nitrogen and oxygen atoms in total. The number of rotatable bonds is 5. The summed E-state index contributed by atoms with van der Waals surface area (Å²) in [6.07, 6.45) is 1.80. The summed E-state index contributed by atoms with van der Waals surface area (Å²) in [5, 5.41) is 22.1. The molecule has 16 heavy (non-hydrogen) atoms. The lowest BCUT2D eigenvalue weighted by molar-refractivity contribution is 0.185. The van der Waals surface area contributed by atoms with Crippen LogP contribution in [0.5, 0.6) is 0 Å². The van der Waals surface area contributed by atoms with Crippen molar-refractivity contribution >= 4 is 17.8 Å². The van der Waals surface area contributed by atoms with Crippen molar-refractivity contribution in [2.24, 2.45) is 0 Å². The molecule has 0 saturated heterocycles. The Morgan fingerprint density at radius 3 is 2.56 bits per heavy atom. The second-order valence-electron chi connectivity index (χ2n) is 3.41. The first-order valence-corrected chi connectivity index (χ1v) is 5.00. The van der Waals surface area contributed by atoms with E-state index in [1.54, 1.807) is 11.0 Å². The van der Waals surface area contributed by atoms with Crippen molar-refractivity contribution in [1.29, 1.82) is 0 Å². The van der Waals surface area contributed by atoms with Crippen LogP contribution in [0.2, 0.25) is 0 Å². The highest BCUT2D eigenvalue weighted by atomic mass is 16.3. The van der Waals surface area contributed by atoms with Crippen LogP contribution in [-0.2, 0) is 0 Å². The molecule has 0 amide bonds. The van der Waals surface area contributed by atoms with E-state index >= 15 is 0 Å². The Bertz CT molecular complexity index is 395. The number of fused-ring (bicyclic) bond motifs is 1. The normalized spacial score (nSPS) is 13.2. The molecule has 1 aromatic heterocycles. The van der Waals surface area contributed by atoms with Gasteiger partial charge in [-0.05, 0) is 0 Å². The standard InChI is InChI=1S/C9H14N5O2/c10-9-11-6-5-7(12-8(6)13-9)14(1-3-15)2-4-16/h5,15-16H,1-4H2,(H3,10,11,13). The molecule has 0 unspecified atom stereocenters. The minimum Gasteiger partial charge on any atom is -0.395 e. The van der Waals surface area contributed by atoms with Crippen molar-refractivity contribution in [1.82, 2.24) is 20.2 Å². The first-order chi connectivity index (χ1) is 7.74. The maximum Gasteiger partial charge on any atom is 0.200 e. The number of anilines is 1. The number of nitrogens with two attached hydrogens (primary N) is 1. The van der Waals surface area contributed by atoms with Gasteiger partial charge in [0.25, 0.3) is 0 Å². The Balaban J connectivity index is 2.11. The van der Waals surface area contributed by atoms with E-state index in [0.717, 1.165) is 5.69 Å². The number of nitrogens with one attached hydrogen (secondary N) is 1. The Hall–Kier alpha value is -1.73. The Kier molecular flexibility index (Phi) is 2.97. The molecule has 0 bridgehead atoms. The van der Waals surface area contributed by atoms with E-state index in [1.165, 1.54) is 0 Å². The van der Waals surface area contributed by atoms with Gasteiger partial charge in [-0.25, -0.2) is 5.32 Å². The smallest absolute Gasteiger partial charge is 0.200 e. The molecule has 0 aliphatic carbocycles. The molecule has 1 aliphatic rings. The van der Waals surface area contributed by atoms with E-state index in [9.17, 15) is 0 Å². The molecule has 5 N–H and O–H groups in total. The van der Waals surface area contributed by atoms with Crippen LogP contribution < -0.4 is 11.1 Å². The van der Waals surface area contributed by atoms with Crippen LogP contribution in [0, 0.1) is 0 Å². The third-order valence-corrected chi connectivity index (χ3v) is 2.29. The molecular weight excluding hydrogens is 210 g/mol. The molecular formula is C9H14N5O2. The van der Waals surface area contributed by atoms with E-state index in [-0.39, 0.29) is 13.2 Å². The fraction of sp³-hybridized carbons (Fsp3) is 0.444. The van der Waals surface area contributed by atoms with Gasteiger partial charge in [0, 0.05) is 19.2 Å². The molecule has 0 spiro atoms.